The van der Waals surface area contributed by atoms with E-state index in [1.54, 1.807) is 16.0 Å². The highest BCUT2D eigenvalue weighted by Gasteiger charge is 2.25. The van der Waals surface area contributed by atoms with Crippen LogP contribution in [0.5, 0.6) is 0 Å². The first kappa shape index (κ1) is 16.6. The number of hydrogen-bond acceptors (Lipinski definition) is 6. The van der Waals surface area contributed by atoms with Crippen molar-refractivity contribution >= 4 is 21.6 Å². The second-order valence-electron chi connectivity index (χ2n) is 7.21. The zero-order valence-electron chi connectivity index (χ0n) is 15.4. The highest BCUT2D eigenvalue weighted by Crippen LogP contribution is 2.30. The van der Waals surface area contributed by atoms with E-state index in [0.717, 1.165) is 52.6 Å². The number of thiazole rings is 1. The van der Waals surface area contributed by atoms with Crippen molar-refractivity contribution in [3.05, 3.63) is 41.9 Å². The number of likely N-dealkylation sites (N-methyl/N-ethyl adjacent to an activating group) is 1. The van der Waals surface area contributed by atoms with E-state index in [1.165, 1.54) is 6.42 Å². The molecule has 5 rings (SSSR count). The Balaban J connectivity index is 1.63. The van der Waals surface area contributed by atoms with E-state index in [2.05, 4.69) is 40.2 Å². The van der Waals surface area contributed by atoms with E-state index in [0.29, 0.717) is 5.92 Å². The average molecular weight is 379 g/mol. The van der Waals surface area contributed by atoms with Gasteiger partial charge in [0.15, 0.2) is 11.6 Å². The van der Waals surface area contributed by atoms with Crippen LogP contribution in [-0.2, 0) is 7.05 Å². The van der Waals surface area contributed by atoms with Gasteiger partial charge < -0.3 is 4.90 Å². The van der Waals surface area contributed by atoms with Crippen LogP contribution in [0.2, 0.25) is 0 Å². The minimum Gasteiger partial charge on any atom is -0.306 e. The molecule has 1 fully saturated rings. The SMILES string of the molecule is CN1CCCC(c2nc(-c3ccc4ncsc4c3)n(-c3cnn(C)c3)n2)C1. The lowest BCUT2D eigenvalue weighted by atomic mass is 9.98. The predicted molar refractivity (Wildman–Crippen MR) is 106 cm³/mol. The molecule has 138 valence electrons. The fourth-order valence-corrected chi connectivity index (χ4v) is 4.47. The van der Waals surface area contributed by atoms with Crippen LogP contribution >= 0.6 is 11.3 Å². The smallest absolute Gasteiger partial charge is 0.163 e. The summed E-state index contributed by atoms with van der Waals surface area (Å²) in [5.74, 6) is 2.15. The Hall–Kier alpha value is -2.58. The molecule has 7 nitrogen and oxygen atoms in total. The molecule has 1 aromatic carbocycles. The Bertz CT molecular complexity index is 1090. The zero-order valence-corrected chi connectivity index (χ0v) is 16.2. The van der Waals surface area contributed by atoms with Crippen molar-refractivity contribution in [2.75, 3.05) is 20.1 Å². The summed E-state index contributed by atoms with van der Waals surface area (Å²) in [7, 11) is 4.09. The Morgan fingerprint density at radius 3 is 2.96 bits per heavy atom. The molecule has 0 aliphatic carbocycles. The zero-order chi connectivity index (χ0) is 18.4. The van der Waals surface area contributed by atoms with Crippen LogP contribution in [0.4, 0.5) is 0 Å². The number of aromatic nitrogens is 6. The fraction of sp³-hybridized carbons (Fsp3) is 0.368. The standard InChI is InChI=1S/C19H21N7S/c1-24-7-3-4-14(10-24)18-22-19(26(23-18)15-9-21-25(2)11-15)13-5-6-16-17(8-13)27-12-20-16/h5-6,8-9,11-12,14H,3-4,7,10H2,1-2H3. The first-order valence-corrected chi connectivity index (χ1v) is 10.0. The van der Waals surface area contributed by atoms with Gasteiger partial charge in [0, 0.05) is 25.1 Å². The monoisotopic (exact) mass is 379 g/mol. The van der Waals surface area contributed by atoms with Gasteiger partial charge in [-0.05, 0) is 44.6 Å². The maximum atomic E-state index is 4.99. The molecule has 4 aromatic rings. The normalized spacial score (nSPS) is 18.4. The van der Waals surface area contributed by atoms with E-state index in [4.69, 9.17) is 10.1 Å². The van der Waals surface area contributed by atoms with Gasteiger partial charge in [0.25, 0.3) is 0 Å². The number of piperidine rings is 1. The Kier molecular flexibility index (Phi) is 4.02. The second-order valence-corrected chi connectivity index (χ2v) is 8.10. The summed E-state index contributed by atoms with van der Waals surface area (Å²) in [6.07, 6.45) is 6.12. The molecular weight excluding hydrogens is 358 g/mol. The van der Waals surface area contributed by atoms with Gasteiger partial charge in [-0.2, -0.15) is 10.2 Å². The van der Waals surface area contributed by atoms with Crippen LogP contribution in [0.3, 0.4) is 0 Å². The molecule has 4 heterocycles. The molecule has 0 amide bonds. The third-order valence-corrected chi connectivity index (χ3v) is 5.93. The minimum atomic E-state index is 0.368. The fourth-order valence-electron chi connectivity index (χ4n) is 3.76. The number of nitrogens with zero attached hydrogens (tertiary/aromatic N) is 7. The van der Waals surface area contributed by atoms with Crippen LogP contribution in [0.15, 0.2) is 36.1 Å². The van der Waals surface area contributed by atoms with E-state index in [9.17, 15) is 0 Å². The summed E-state index contributed by atoms with van der Waals surface area (Å²) in [6.45, 7) is 2.15. The van der Waals surface area contributed by atoms with Gasteiger partial charge in [0.2, 0.25) is 0 Å². The van der Waals surface area contributed by atoms with Crippen molar-refractivity contribution in [1.82, 2.24) is 34.4 Å². The maximum Gasteiger partial charge on any atom is 0.163 e. The van der Waals surface area contributed by atoms with E-state index < -0.39 is 0 Å². The topological polar surface area (TPSA) is 64.7 Å². The highest BCUT2D eigenvalue weighted by atomic mass is 32.1. The molecule has 1 unspecified atom stereocenters. The first-order chi connectivity index (χ1) is 13.2. The van der Waals surface area contributed by atoms with Crippen LogP contribution in [-0.4, -0.2) is 54.6 Å². The predicted octanol–water partition coefficient (Wildman–Crippen LogP) is 3.09. The third kappa shape index (κ3) is 3.04. The van der Waals surface area contributed by atoms with Crippen molar-refractivity contribution in [3.8, 4) is 17.1 Å². The van der Waals surface area contributed by atoms with Crippen LogP contribution < -0.4 is 0 Å². The Labute approximate surface area is 161 Å². The molecule has 1 atom stereocenters. The Morgan fingerprint density at radius 2 is 2.15 bits per heavy atom. The largest absolute Gasteiger partial charge is 0.306 e. The molecule has 1 aliphatic heterocycles. The Morgan fingerprint density at radius 1 is 1.22 bits per heavy atom. The minimum absolute atomic E-state index is 0.368. The van der Waals surface area contributed by atoms with Crippen molar-refractivity contribution in [1.29, 1.82) is 0 Å². The van der Waals surface area contributed by atoms with Crippen molar-refractivity contribution < 1.29 is 0 Å². The third-order valence-electron chi connectivity index (χ3n) is 5.14. The summed E-state index contributed by atoms with van der Waals surface area (Å²) < 4.78 is 4.88. The molecule has 0 radical (unpaired) electrons. The van der Waals surface area contributed by atoms with E-state index in [-0.39, 0.29) is 0 Å². The first-order valence-electron chi connectivity index (χ1n) is 9.15. The van der Waals surface area contributed by atoms with Crippen LogP contribution in [0.25, 0.3) is 27.3 Å². The van der Waals surface area contributed by atoms with Gasteiger partial charge in [0.1, 0.15) is 5.69 Å². The number of benzene rings is 1. The van der Waals surface area contributed by atoms with Gasteiger partial charge in [-0.15, -0.1) is 11.3 Å². The average Bonchev–Trinajstić information content (AvgIpc) is 3.39. The summed E-state index contributed by atoms with van der Waals surface area (Å²) in [5, 5.41) is 9.22. The lowest BCUT2D eigenvalue weighted by molar-refractivity contribution is 0.246. The molecular formula is C19H21N7S. The van der Waals surface area contributed by atoms with E-state index in [1.807, 2.05) is 29.6 Å². The lowest BCUT2D eigenvalue weighted by Crippen LogP contribution is -2.31. The summed E-state index contributed by atoms with van der Waals surface area (Å²) in [5.41, 5.74) is 4.88. The molecule has 0 bridgehead atoms. The number of fused-ring (bicyclic) bond motifs is 1. The summed E-state index contributed by atoms with van der Waals surface area (Å²) in [6, 6.07) is 6.29. The number of likely N-dealkylation sites (tertiary alicyclic amines) is 1. The van der Waals surface area contributed by atoms with Gasteiger partial charge in [-0.3, -0.25) is 4.68 Å². The summed E-state index contributed by atoms with van der Waals surface area (Å²) in [4.78, 5) is 11.7. The molecule has 1 saturated heterocycles. The second kappa shape index (κ2) is 6.54. The van der Waals surface area contributed by atoms with Crippen molar-refractivity contribution in [2.45, 2.75) is 18.8 Å². The summed E-state index contributed by atoms with van der Waals surface area (Å²) >= 11 is 1.65. The van der Waals surface area contributed by atoms with Crippen LogP contribution in [0, 0.1) is 0 Å². The number of hydrogen-bond donors (Lipinski definition) is 0. The van der Waals surface area contributed by atoms with Gasteiger partial charge >= 0.3 is 0 Å². The van der Waals surface area contributed by atoms with Crippen LogP contribution in [0.1, 0.15) is 24.6 Å². The highest BCUT2D eigenvalue weighted by molar-refractivity contribution is 7.16. The van der Waals surface area contributed by atoms with E-state index >= 15 is 0 Å². The lowest BCUT2D eigenvalue weighted by Gasteiger charge is -2.27. The molecule has 8 heteroatoms. The quantitative estimate of drug-likeness (QED) is 0.547. The van der Waals surface area contributed by atoms with Crippen molar-refractivity contribution in [2.24, 2.45) is 7.05 Å². The molecule has 1 aliphatic rings. The number of aryl methyl sites for hydroxylation is 1. The number of rotatable bonds is 3. The van der Waals surface area contributed by atoms with Crippen molar-refractivity contribution in [3.63, 3.8) is 0 Å². The van der Waals surface area contributed by atoms with Gasteiger partial charge in [0.05, 0.1) is 28.1 Å². The van der Waals surface area contributed by atoms with Gasteiger partial charge in [-0.25, -0.2) is 14.6 Å². The molecule has 0 saturated carbocycles. The molecule has 3 aromatic heterocycles. The molecule has 27 heavy (non-hydrogen) atoms. The molecule has 0 N–H and O–H groups in total. The van der Waals surface area contributed by atoms with Gasteiger partial charge in [-0.1, -0.05) is 0 Å². The maximum absolute atomic E-state index is 4.99. The molecule has 0 spiro atoms.